The summed E-state index contributed by atoms with van der Waals surface area (Å²) in [5, 5.41) is 0. The molecule has 0 atom stereocenters. The van der Waals surface area contributed by atoms with Gasteiger partial charge in [-0.3, -0.25) is 4.90 Å². The van der Waals surface area contributed by atoms with Crippen LogP contribution in [0.1, 0.15) is 50.3 Å². The fraction of sp³-hybridized carbons (Fsp3) is 0.625. The Morgan fingerprint density at radius 2 is 1.76 bits per heavy atom. The molecule has 0 radical (unpaired) electrons. The fourth-order valence-electron chi connectivity index (χ4n) is 3.12. The topological polar surface area (TPSA) is 3.24 Å². The van der Waals surface area contributed by atoms with Gasteiger partial charge in [0, 0.05) is 6.54 Å². The summed E-state index contributed by atoms with van der Waals surface area (Å²) in [7, 11) is 0. The SMILES string of the molecule is Cc1cccc(CN2CCCC2)c1C(C)(C)C. The lowest BCUT2D eigenvalue weighted by atomic mass is 9.81. The Morgan fingerprint density at radius 3 is 2.35 bits per heavy atom. The summed E-state index contributed by atoms with van der Waals surface area (Å²) in [6, 6.07) is 6.76. The number of hydrogen-bond acceptors (Lipinski definition) is 1. The van der Waals surface area contributed by atoms with Crippen LogP contribution in [-0.2, 0) is 12.0 Å². The molecule has 1 aromatic rings. The predicted molar refractivity (Wildman–Crippen MR) is 74.4 cm³/mol. The van der Waals surface area contributed by atoms with Crippen molar-refractivity contribution in [2.24, 2.45) is 0 Å². The van der Waals surface area contributed by atoms with E-state index >= 15 is 0 Å². The van der Waals surface area contributed by atoms with Crippen LogP contribution in [-0.4, -0.2) is 18.0 Å². The summed E-state index contributed by atoms with van der Waals surface area (Å²) >= 11 is 0. The van der Waals surface area contributed by atoms with Crippen molar-refractivity contribution >= 4 is 0 Å². The van der Waals surface area contributed by atoms with E-state index in [0.29, 0.717) is 0 Å². The summed E-state index contributed by atoms with van der Waals surface area (Å²) in [4.78, 5) is 2.59. The van der Waals surface area contributed by atoms with Crippen molar-refractivity contribution in [2.75, 3.05) is 13.1 Å². The Kier molecular flexibility index (Phi) is 3.58. The second-order valence-electron chi connectivity index (χ2n) is 6.34. The van der Waals surface area contributed by atoms with Crippen LogP contribution in [0.3, 0.4) is 0 Å². The maximum Gasteiger partial charge on any atom is 0.0236 e. The molecule has 0 N–H and O–H groups in total. The van der Waals surface area contributed by atoms with Crippen molar-refractivity contribution in [3.05, 3.63) is 34.9 Å². The number of hydrogen-bond donors (Lipinski definition) is 0. The van der Waals surface area contributed by atoms with Gasteiger partial charge in [-0.15, -0.1) is 0 Å². The standard InChI is InChI=1S/C16H25N/c1-13-8-7-9-14(15(13)16(2,3)4)12-17-10-5-6-11-17/h7-9H,5-6,10-12H2,1-4H3. The summed E-state index contributed by atoms with van der Waals surface area (Å²) in [6.07, 6.45) is 2.74. The van der Waals surface area contributed by atoms with Gasteiger partial charge in [-0.1, -0.05) is 39.0 Å². The first-order valence-electron chi connectivity index (χ1n) is 6.80. The van der Waals surface area contributed by atoms with Gasteiger partial charge in [0.05, 0.1) is 0 Å². The van der Waals surface area contributed by atoms with E-state index in [1.165, 1.54) is 37.1 Å². The minimum absolute atomic E-state index is 0.250. The Labute approximate surface area is 106 Å². The van der Waals surface area contributed by atoms with Crippen LogP contribution < -0.4 is 0 Å². The zero-order chi connectivity index (χ0) is 12.5. The summed E-state index contributed by atoms with van der Waals surface area (Å²) in [5.41, 5.74) is 4.76. The largest absolute Gasteiger partial charge is 0.299 e. The lowest BCUT2D eigenvalue weighted by molar-refractivity contribution is 0.328. The van der Waals surface area contributed by atoms with Gasteiger partial charge in [-0.25, -0.2) is 0 Å². The first-order chi connectivity index (χ1) is 7.98. The van der Waals surface area contributed by atoms with Gasteiger partial charge in [0.25, 0.3) is 0 Å². The Hall–Kier alpha value is -0.820. The second-order valence-corrected chi connectivity index (χ2v) is 6.34. The van der Waals surface area contributed by atoms with Crippen molar-refractivity contribution in [1.29, 1.82) is 0 Å². The first kappa shape index (κ1) is 12.6. The van der Waals surface area contributed by atoms with E-state index in [0.717, 1.165) is 6.54 Å². The normalized spacial score (nSPS) is 17.6. The van der Waals surface area contributed by atoms with Gasteiger partial charge in [0.1, 0.15) is 0 Å². The van der Waals surface area contributed by atoms with E-state index in [9.17, 15) is 0 Å². The Balaban J connectivity index is 2.29. The van der Waals surface area contributed by atoms with E-state index in [2.05, 4.69) is 50.8 Å². The molecule has 0 saturated carbocycles. The van der Waals surface area contributed by atoms with E-state index in [1.807, 2.05) is 0 Å². The third kappa shape index (κ3) is 2.90. The minimum Gasteiger partial charge on any atom is -0.299 e. The highest BCUT2D eigenvalue weighted by Gasteiger charge is 2.21. The molecule has 17 heavy (non-hydrogen) atoms. The third-order valence-electron chi connectivity index (χ3n) is 3.70. The fourth-order valence-corrected chi connectivity index (χ4v) is 3.12. The van der Waals surface area contributed by atoms with Gasteiger partial charge in [-0.05, 0) is 55.0 Å². The van der Waals surface area contributed by atoms with E-state index in [-0.39, 0.29) is 5.41 Å². The molecule has 1 aliphatic rings. The predicted octanol–water partition coefficient (Wildman–Crippen LogP) is 3.89. The highest BCUT2D eigenvalue weighted by atomic mass is 15.1. The number of nitrogens with zero attached hydrogens (tertiary/aromatic N) is 1. The number of aryl methyl sites for hydroxylation is 1. The van der Waals surface area contributed by atoms with E-state index in [4.69, 9.17) is 0 Å². The highest BCUT2D eigenvalue weighted by molar-refractivity contribution is 5.39. The lowest BCUT2D eigenvalue weighted by Gasteiger charge is -2.27. The number of benzene rings is 1. The van der Waals surface area contributed by atoms with Gasteiger partial charge in [-0.2, -0.15) is 0 Å². The maximum atomic E-state index is 2.59. The van der Waals surface area contributed by atoms with E-state index in [1.54, 1.807) is 5.56 Å². The van der Waals surface area contributed by atoms with Crippen molar-refractivity contribution in [3.8, 4) is 0 Å². The zero-order valence-electron chi connectivity index (χ0n) is 11.7. The average Bonchev–Trinajstić information content (AvgIpc) is 2.68. The number of rotatable bonds is 2. The molecule has 1 heteroatoms. The lowest BCUT2D eigenvalue weighted by Crippen LogP contribution is -2.23. The molecule has 0 bridgehead atoms. The Morgan fingerprint density at radius 1 is 1.12 bits per heavy atom. The molecule has 94 valence electrons. The highest BCUT2D eigenvalue weighted by Crippen LogP contribution is 2.30. The van der Waals surface area contributed by atoms with Gasteiger partial charge in [0.2, 0.25) is 0 Å². The second kappa shape index (κ2) is 4.81. The maximum absolute atomic E-state index is 2.59. The quantitative estimate of drug-likeness (QED) is 0.746. The van der Waals surface area contributed by atoms with Crippen LogP contribution >= 0.6 is 0 Å². The third-order valence-corrected chi connectivity index (χ3v) is 3.70. The first-order valence-corrected chi connectivity index (χ1v) is 6.80. The molecule has 1 fully saturated rings. The van der Waals surface area contributed by atoms with Crippen LogP contribution in [0.5, 0.6) is 0 Å². The molecule has 1 heterocycles. The molecular weight excluding hydrogens is 206 g/mol. The molecule has 1 nitrogen and oxygen atoms in total. The van der Waals surface area contributed by atoms with E-state index < -0.39 is 0 Å². The van der Waals surface area contributed by atoms with Gasteiger partial charge >= 0.3 is 0 Å². The minimum atomic E-state index is 0.250. The molecule has 1 aliphatic heterocycles. The monoisotopic (exact) mass is 231 g/mol. The summed E-state index contributed by atoms with van der Waals surface area (Å²) in [5.74, 6) is 0. The molecule has 2 rings (SSSR count). The van der Waals surface area contributed by atoms with Crippen LogP contribution in [0.25, 0.3) is 0 Å². The van der Waals surface area contributed by atoms with Crippen LogP contribution in [0.4, 0.5) is 0 Å². The zero-order valence-corrected chi connectivity index (χ0v) is 11.7. The molecular formula is C16H25N. The Bertz CT molecular complexity index is 381. The summed E-state index contributed by atoms with van der Waals surface area (Å²) < 4.78 is 0. The molecule has 1 aromatic carbocycles. The average molecular weight is 231 g/mol. The van der Waals surface area contributed by atoms with Crippen LogP contribution in [0.2, 0.25) is 0 Å². The number of likely N-dealkylation sites (tertiary alicyclic amines) is 1. The van der Waals surface area contributed by atoms with Crippen molar-refractivity contribution in [2.45, 2.75) is 52.5 Å². The molecule has 1 saturated heterocycles. The van der Waals surface area contributed by atoms with Crippen LogP contribution in [0.15, 0.2) is 18.2 Å². The smallest absolute Gasteiger partial charge is 0.0236 e. The van der Waals surface area contributed by atoms with Crippen molar-refractivity contribution in [1.82, 2.24) is 4.90 Å². The van der Waals surface area contributed by atoms with Gasteiger partial charge < -0.3 is 0 Å². The van der Waals surface area contributed by atoms with Crippen LogP contribution in [0, 0.1) is 6.92 Å². The molecule has 0 spiro atoms. The molecule has 0 aromatic heterocycles. The molecule has 0 aliphatic carbocycles. The molecule has 0 unspecified atom stereocenters. The molecule has 0 amide bonds. The summed E-state index contributed by atoms with van der Waals surface area (Å²) in [6.45, 7) is 12.9. The van der Waals surface area contributed by atoms with Crippen molar-refractivity contribution in [3.63, 3.8) is 0 Å². The van der Waals surface area contributed by atoms with Gasteiger partial charge in [0.15, 0.2) is 0 Å². The van der Waals surface area contributed by atoms with Crippen molar-refractivity contribution < 1.29 is 0 Å².